The summed E-state index contributed by atoms with van der Waals surface area (Å²) < 4.78 is 29.0. The fourth-order valence-corrected chi connectivity index (χ4v) is 4.85. The highest BCUT2D eigenvalue weighted by Crippen LogP contribution is 2.26. The average molecular weight is 442 g/mol. The summed E-state index contributed by atoms with van der Waals surface area (Å²) in [7, 11) is -3.63. The van der Waals surface area contributed by atoms with E-state index in [1.807, 2.05) is 26.0 Å². The van der Waals surface area contributed by atoms with Crippen molar-refractivity contribution in [1.29, 1.82) is 0 Å². The molecule has 0 aliphatic carbocycles. The van der Waals surface area contributed by atoms with Crippen molar-refractivity contribution in [3.05, 3.63) is 71.3 Å². The Bertz CT molecular complexity index is 1150. The lowest BCUT2D eigenvalue weighted by Gasteiger charge is -2.20. The molecule has 2 aromatic carbocycles. The van der Waals surface area contributed by atoms with Gasteiger partial charge in [0.05, 0.1) is 11.4 Å². The molecule has 8 nitrogen and oxygen atoms in total. The van der Waals surface area contributed by atoms with Gasteiger partial charge in [-0.2, -0.15) is 9.40 Å². The number of carbonyl (C=O) groups excluding carboxylic acids is 1. The van der Waals surface area contributed by atoms with Crippen molar-refractivity contribution >= 4 is 21.6 Å². The Labute approximate surface area is 183 Å². The molecule has 31 heavy (non-hydrogen) atoms. The Balaban J connectivity index is 1.83. The third-order valence-corrected chi connectivity index (χ3v) is 7.29. The SMILES string of the molecule is CCN(CC)S(=O)(=O)c1cc(C)c(C)c(NC(=O)c2ccc(Cn3cncn3)cc2)c1. The van der Waals surface area contributed by atoms with Crippen LogP contribution in [0.25, 0.3) is 0 Å². The van der Waals surface area contributed by atoms with Gasteiger partial charge in [0.2, 0.25) is 10.0 Å². The first-order chi connectivity index (χ1) is 14.8. The Morgan fingerprint density at radius 2 is 1.77 bits per heavy atom. The zero-order valence-corrected chi connectivity index (χ0v) is 19.0. The van der Waals surface area contributed by atoms with Crippen LogP contribution in [0.5, 0.6) is 0 Å². The maximum Gasteiger partial charge on any atom is 0.255 e. The van der Waals surface area contributed by atoms with E-state index in [0.717, 1.165) is 16.7 Å². The molecule has 0 fully saturated rings. The van der Waals surface area contributed by atoms with Crippen LogP contribution < -0.4 is 5.32 Å². The number of amides is 1. The molecule has 0 aliphatic heterocycles. The quantitative estimate of drug-likeness (QED) is 0.579. The second-order valence-electron chi connectivity index (χ2n) is 7.25. The molecule has 1 heterocycles. The van der Waals surface area contributed by atoms with Crippen LogP contribution in [0.1, 0.15) is 40.9 Å². The van der Waals surface area contributed by atoms with Crippen molar-refractivity contribution in [3.8, 4) is 0 Å². The summed E-state index contributed by atoms with van der Waals surface area (Å²) >= 11 is 0. The van der Waals surface area contributed by atoms with Gasteiger partial charge in [0.1, 0.15) is 12.7 Å². The number of hydrogen-bond acceptors (Lipinski definition) is 5. The van der Waals surface area contributed by atoms with E-state index < -0.39 is 10.0 Å². The van der Waals surface area contributed by atoms with Crippen LogP contribution in [0.4, 0.5) is 5.69 Å². The Morgan fingerprint density at radius 1 is 1.10 bits per heavy atom. The molecule has 1 amide bonds. The zero-order chi connectivity index (χ0) is 22.6. The fraction of sp³-hybridized carbons (Fsp3) is 0.318. The molecule has 0 bridgehead atoms. The van der Waals surface area contributed by atoms with Gasteiger partial charge in [-0.1, -0.05) is 26.0 Å². The molecule has 3 rings (SSSR count). The van der Waals surface area contributed by atoms with E-state index in [0.29, 0.717) is 30.9 Å². The minimum atomic E-state index is -3.63. The van der Waals surface area contributed by atoms with Crippen molar-refractivity contribution in [2.45, 2.75) is 39.1 Å². The molecule has 0 unspecified atom stereocenters. The molecule has 9 heteroatoms. The lowest BCUT2D eigenvalue weighted by atomic mass is 10.1. The van der Waals surface area contributed by atoms with Crippen LogP contribution in [0.3, 0.4) is 0 Å². The largest absolute Gasteiger partial charge is 0.322 e. The number of nitrogens with zero attached hydrogens (tertiary/aromatic N) is 4. The lowest BCUT2D eigenvalue weighted by Crippen LogP contribution is -2.30. The van der Waals surface area contributed by atoms with Crippen LogP contribution in [0, 0.1) is 13.8 Å². The number of aromatic nitrogens is 3. The summed E-state index contributed by atoms with van der Waals surface area (Å²) in [6.45, 7) is 8.63. The number of sulfonamides is 1. The van der Waals surface area contributed by atoms with Gasteiger partial charge >= 0.3 is 0 Å². The Morgan fingerprint density at radius 3 is 2.35 bits per heavy atom. The van der Waals surface area contributed by atoms with Gasteiger partial charge in [-0.15, -0.1) is 0 Å². The van der Waals surface area contributed by atoms with E-state index in [1.54, 1.807) is 43.1 Å². The third kappa shape index (κ3) is 5.00. The van der Waals surface area contributed by atoms with Crippen molar-refractivity contribution in [1.82, 2.24) is 19.1 Å². The summed E-state index contributed by atoms with van der Waals surface area (Å²) in [4.78, 5) is 16.9. The van der Waals surface area contributed by atoms with Gasteiger partial charge in [-0.05, 0) is 54.8 Å². The first-order valence-electron chi connectivity index (χ1n) is 10.1. The van der Waals surface area contributed by atoms with Gasteiger partial charge < -0.3 is 5.32 Å². The molecule has 0 saturated carbocycles. The highest BCUT2D eigenvalue weighted by Gasteiger charge is 2.23. The number of anilines is 1. The molecular formula is C22H27N5O3S. The summed E-state index contributed by atoms with van der Waals surface area (Å²) in [6, 6.07) is 10.4. The van der Waals surface area contributed by atoms with Crippen molar-refractivity contribution < 1.29 is 13.2 Å². The zero-order valence-electron chi connectivity index (χ0n) is 18.2. The number of carbonyl (C=O) groups is 1. The highest BCUT2D eigenvalue weighted by molar-refractivity contribution is 7.89. The van der Waals surface area contributed by atoms with Crippen LogP contribution >= 0.6 is 0 Å². The fourth-order valence-electron chi connectivity index (χ4n) is 3.28. The van der Waals surface area contributed by atoms with E-state index in [-0.39, 0.29) is 10.8 Å². The Hall–Kier alpha value is -3.04. The smallest absolute Gasteiger partial charge is 0.255 e. The Kier molecular flexibility index (Phi) is 6.87. The minimum absolute atomic E-state index is 0.179. The molecule has 0 atom stereocenters. The van der Waals surface area contributed by atoms with Crippen LogP contribution in [-0.2, 0) is 16.6 Å². The van der Waals surface area contributed by atoms with Crippen molar-refractivity contribution in [2.75, 3.05) is 18.4 Å². The molecule has 1 N–H and O–H groups in total. The monoisotopic (exact) mass is 441 g/mol. The van der Waals surface area contributed by atoms with Crippen LogP contribution in [0.2, 0.25) is 0 Å². The third-order valence-electron chi connectivity index (χ3n) is 5.26. The molecule has 0 aliphatic rings. The van der Waals surface area contributed by atoms with E-state index in [9.17, 15) is 13.2 Å². The summed E-state index contributed by atoms with van der Waals surface area (Å²) in [5.74, 6) is -0.299. The minimum Gasteiger partial charge on any atom is -0.322 e. The summed E-state index contributed by atoms with van der Waals surface area (Å²) in [5, 5.41) is 6.94. The molecule has 0 saturated heterocycles. The molecule has 1 aromatic heterocycles. The van der Waals surface area contributed by atoms with Gasteiger partial charge in [0, 0.05) is 24.3 Å². The maximum absolute atomic E-state index is 12.9. The van der Waals surface area contributed by atoms with Gasteiger partial charge in [-0.25, -0.2) is 18.1 Å². The predicted molar refractivity (Wildman–Crippen MR) is 120 cm³/mol. The van der Waals surface area contributed by atoms with E-state index in [1.165, 1.54) is 16.7 Å². The second-order valence-corrected chi connectivity index (χ2v) is 9.18. The van der Waals surface area contributed by atoms with Crippen LogP contribution in [-0.4, -0.2) is 46.5 Å². The second kappa shape index (κ2) is 9.40. The first kappa shape index (κ1) is 22.6. The predicted octanol–water partition coefficient (Wildman–Crippen LogP) is 3.23. The van der Waals surface area contributed by atoms with E-state index in [4.69, 9.17) is 0 Å². The normalized spacial score (nSPS) is 11.6. The molecule has 3 aromatic rings. The number of rotatable bonds is 8. The van der Waals surface area contributed by atoms with Crippen molar-refractivity contribution in [3.63, 3.8) is 0 Å². The highest BCUT2D eigenvalue weighted by atomic mass is 32.2. The number of aryl methyl sites for hydroxylation is 1. The molecule has 0 radical (unpaired) electrons. The van der Waals surface area contributed by atoms with Crippen molar-refractivity contribution in [2.24, 2.45) is 0 Å². The average Bonchev–Trinajstić information content (AvgIpc) is 3.25. The van der Waals surface area contributed by atoms with E-state index >= 15 is 0 Å². The topological polar surface area (TPSA) is 97.2 Å². The maximum atomic E-state index is 12.9. The summed E-state index contributed by atoms with van der Waals surface area (Å²) in [6.07, 6.45) is 3.10. The first-order valence-corrected chi connectivity index (χ1v) is 11.5. The van der Waals surface area contributed by atoms with Gasteiger partial charge in [0.15, 0.2) is 0 Å². The van der Waals surface area contributed by atoms with Gasteiger partial charge in [-0.3, -0.25) is 4.79 Å². The van der Waals surface area contributed by atoms with Crippen LogP contribution in [0.15, 0.2) is 53.9 Å². The summed E-state index contributed by atoms with van der Waals surface area (Å²) in [5.41, 5.74) is 3.58. The number of benzene rings is 2. The van der Waals surface area contributed by atoms with Gasteiger partial charge in [0.25, 0.3) is 5.91 Å². The lowest BCUT2D eigenvalue weighted by molar-refractivity contribution is 0.102. The van der Waals surface area contributed by atoms with E-state index in [2.05, 4.69) is 15.4 Å². The number of hydrogen-bond donors (Lipinski definition) is 1. The molecular weight excluding hydrogens is 414 g/mol. The standard InChI is InChI=1S/C22H27N5O3S/c1-5-27(6-2)31(29,30)20-11-16(3)17(4)21(12-20)25-22(28)19-9-7-18(8-10-19)13-26-15-23-14-24-26/h7-12,14-15H,5-6,13H2,1-4H3,(H,25,28). The molecule has 0 spiro atoms. The number of nitrogens with one attached hydrogen (secondary N) is 1. The molecule has 164 valence electrons.